The zero-order chi connectivity index (χ0) is 16.8. The molecule has 8 heteroatoms. The van der Waals surface area contributed by atoms with Crippen molar-refractivity contribution in [2.24, 2.45) is 0 Å². The molecule has 0 unspecified atom stereocenters. The highest BCUT2D eigenvalue weighted by Crippen LogP contribution is 2.23. The van der Waals surface area contributed by atoms with Gasteiger partial charge in [0.25, 0.3) is 0 Å². The molecule has 0 saturated heterocycles. The van der Waals surface area contributed by atoms with Crippen molar-refractivity contribution in [1.82, 2.24) is 20.2 Å². The third-order valence-corrected chi connectivity index (χ3v) is 4.87. The number of nitrogens with two attached hydrogens (primary N) is 1. The van der Waals surface area contributed by atoms with E-state index >= 15 is 0 Å². The van der Waals surface area contributed by atoms with E-state index < -0.39 is 0 Å². The number of benzene rings is 1. The number of carbonyl (C=O) groups excluding carboxylic acids is 1. The highest BCUT2D eigenvalue weighted by atomic mass is 79.9. The fraction of sp³-hybridized carbons (Fsp3) is 0.400. The van der Waals surface area contributed by atoms with Gasteiger partial charge in [0.15, 0.2) is 5.82 Å². The van der Waals surface area contributed by atoms with Crippen molar-refractivity contribution in [3.05, 3.63) is 28.7 Å². The van der Waals surface area contributed by atoms with Crippen LogP contribution < -0.4 is 11.2 Å². The summed E-state index contributed by atoms with van der Waals surface area (Å²) in [6, 6.07) is 7.88. The van der Waals surface area contributed by atoms with Crippen LogP contribution in [-0.4, -0.2) is 32.6 Å². The summed E-state index contributed by atoms with van der Waals surface area (Å²) >= 11 is 4.70. The molecule has 2 aromatic rings. The minimum absolute atomic E-state index is 0.0179. The van der Waals surface area contributed by atoms with Crippen molar-refractivity contribution in [3.8, 4) is 11.4 Å². The number of nitrogens with zero attached hydrogens (tertiary/aromatic N) is 3. The van der Waals surface area contributed by atoms with Gasteiger partial charge in [0, 0.05) is 16.1 Å². The van der Waals surface area contributed by atoms with Crippen LogP contribution in [0.4, 0.5) is 0 Å². The van der Waals surface area contributed by atoms with E-state index in [9.17, 15) is 4.79 Å². The lowest BCUT2D eigenvalue weighted by Crippen LogP contribution is -2.35. The number of halogens is 1. The van der Waals surface area contributed by atoms with Crippen molar-refractivity contribution in [3.63, 3.8) is 0 Å². The summed E-state index contributed by atoms with van der Waals surface area (Å²) in [6.07, 6.45) is 1.85. The van der Waals surface area contributed by atoms with Gasteiger partial charge in [-0.05, 0) is 25.0 Å². The van der Waals surface area contributed by atoms with E-state index in [-0.39, 0.29) is 17.7 Å². The number of nitrogen functional groups attached to an aromatic ring is 1. The van der Waals surface area contributed by atoms with Crippen LogP contribution in [0, 0.1) is 0 Å². The van der Waals surface area contributed by atoms with E-state index in [1.54, 1.807) is 0 Å². The normalized spacial score (nSPS) is 11.0. The average molecular weight is 398 g/mol. The molecule has 6 nitrogen and oxygen atoms in total. The van der Waals surface area contributed by atoms with Gasteiger partial charge in [-0.2, -0.15) is 0 Å². The van der Waals surface area contributed by atoms with Gasteiger partial charge in [-0.15, -0.1) is 10.2 Å². The lowest BCUT2D eigenvalue weighted by Gasteiger charge is -2.14. The summed E-state index contributed by atoms with van der Waals surface area (Å²) in [5.41, 5.74) is 0.864. The second-order valence-corrected chi connectivity index (χ2v) is 6.91. The monoisotopic (exact) mass is 397 g/mol. The zero-order valence-corrected chi connectivity index (χ0v) is 15.5. The van der Waals surface area contributed by atoms with Gasteiger partial charge in [-0.25, -0.2) is 4.68 Å². The predicted molar refractivity (Wildman–Crippen MR) is 96.5 cm³/mol. The first-order valence-corrected chi connectivity index (χ1v) is 9.21. The Morgan fingerprint density at radius 1 is 1.39 bits per heavy atom. The molecule has 0 saturated carbocycles. The Morgan fingerprint density at radius 2 is 2.13 bits per heavy atom. The Hall–Kier alpha value is -1.54. The van der Waals surface area contributed by atoms with Crippen LogP contribution in [-0.2, 0) is 4.79 Å². The first-order chi connectivity index (χ1) is 11.0. The molecule has 0 aliphatic rings. The number of hydrogen-bond donors (Lipinski definition) is 2. The van der Waals surface area contributed by atoms with Crippen molar-refractivity contribution in [1.29, 1.82) is 0 Å². The molecule has 3 N–H and O–H groups in total. The van der Waals surface area contributed by atoms with Crippen molar-refractivity contribution in [2.75, 3.05) is 11.6 Å². The highest BCUT2D eigenvalue weighted by molar-refractivity contribution is 9.10. The second kappa shape index (κ2) is 8.35. The predicted octanol–water partition coefficient (Wildman–Crippen LogP) is 2.82. The van der Waals surface area contributed by atoms with E-state index in [1.807, 2.05) is 24.3 Å². The summed E-state index contributed by atoms with van der Waals surface area (Å²) in [7, 11) is 0. The summed E-state index contributed by atoms with van der Waals surface area (Å²) in [4.78, 5) is 11.9. The summed E-state index contributed by atoms with van der Waals surface area (Å²) in [6.45, 7) is 4.12. The first-order valence-electron chi connectivity index (χ1n) is 7.43. The van der Waals surface area contributed by atoms with Crippen LogP contribution in [0.15, 0.2) is 33.9 Å². The highest BCUT2D eigenvalue weighted by Gasteiger charge is 2.15. The number of thioether (sulfide) groups is 1. The Bertz CT molecular complexity index is 672. The number of hydrogen-bond acceptors (Lipinski definition) is 5. The smallest absolute Gasteiger partial charge is 0.230 e. The molecule has 1 aromatic carbocycles. The molecule has 1 amide bonds. The second-order valence-electron chi connectivity index (χ2n) is 5.06. The standard InChI is InChI=1S/C15H20BrN5OS/c1-3-12(4-2)18-13(22)9-23-15-20-19-14(21(15)17)10-6-5-7-11(16)8-10/h5-8,12H,3-4,9,17H2,1-2H3,(H,18,22). The SMILES string of the molecule is CCC(CC)NC(=O)CSc1nnc(-c2cccc(Br)c2)n1N. The molecule has 1 aromatic heterocycles. The van der Waals surface area contributed by atoms with E-state index in [1.165, 1.54) is 16.4 Å². The van der Waals surface area contributed by atoms with Crippen LogP contribution in [0.25, 0.3) is 11.4 Å². The van der Waals surface area contributed by atoms with Crippen molar-refractivity contribution >= 4 is 33.6 Å². The Morgan fingerprint density at radius 3 is 2.78 bits per heavy atom. The first kappa shape index (κ1) is 17.8. The summed E-state index contributed by atoms with van der Waals surface area (Å²) in [5, 5.41) is 11.7. The molecule has 0 bridgehead atoms. The van der Waals surface area contributed by atoms with E-state index in [0.717, 1.165) is 22.9 Å². The Balaban J connectivity index is 2.01. The lowest BCUT2D eigenvalue weighted by atomic mass is 10.2. The van der Waals surface area contributed by atoms with Crippen molar-refractivity contribution < 1.29 is 4.79 Å². The van der Waals surface area contributed by atoms with E-state index in [4.69, 9.17) is 5.84 Å². The quantitative estimate of drug-likeness (QED) is 0.553. The number of carbonyl (C=O) groups is 1. The Kier molecular flexibility index (Phi) is 6.47. The molecule has 0 spiro atoms. The molecule has 0 aliphatic carbocycles. The van der Waals surface area contributed by atoms with Crippen LogP contribution in [0.1, 0.15) is 26.7 Å². The fourth-order valence-corrected chi connectivity index (χ4v) is 3.16. The summed E-state index contributed by atoms with van der Waals surface area (Å²) in [5.74, 6) is 6.86. The van der Waals surface area contributed by atoms with Gasteiger partial charge in [0.1, 0.15) is 0 Å². The number of amides is 1. The van der Waals surface area contributed by atoms with Gasteiger partial charge < -0.3 is 11.2 Å². The van der Waals surface area contributed by atoms with Gasteiger partial charge >= 0.3 is 0 Å². The molecule has 0 atom stereocenters. The molecular formula is C15H20BrN5OS. The minimum atomic E-state index is -0.0179. The largest absolute Gasteiger partial charge is 0.353 e. The third kappa shape index (κ3) is 4.71. The summed E-state index contributed by atoms with van der Waals surface area (Å²) < 4.78 is 2.35. The number of nitrogens with one attached hydrogen (secondary N) is 1. The number of aromatic nitrogens is 3. The van der Waals surface area contributed by atoms with Gasteiger partial charge in [0.2, 0.25) is 11.1 Å². The Labute approximate surface area is 148 Å². The van der Waals surface area contributed by atoms with Gasteiger partial charge in [0.05, 0.1) is 5.75 Å². The molecule has 0 radical (unpaired) electrons. The zero-order valence-electron chi connectivity index (χ0n) is 13.1. The van der Waals surface area contributed by atoms with Crippen LogP contribution >= 0.6 is 27.7 Å². The molecule has 0 fully saturated rings. The van der Waals surface area contributed by atoms with Crippen LogP contribution in [0.3, 0.4) is 0 Å². The van der Waals surface area contributed by atoms with Crippen LogP contribution in [0.5, 0.6) is 0 Å². The lowest BCUT2D eigenvalue weighted by molar-refractivity contribution is -0.119. The average Bonchev–Trinajstić information content (AvgIpc) is 2.91. The van der Waals surface area contributed by atoms with Gasteiger partial charge in [-0.1, -0.05) is 53.7 Å². The van der Waals surface area contributed by atoms with Crippen molar-refractivity contribution in [2.45, 2.75) is 37.9 Å². The molecular weight excluding hydrogens is 378 g/mol. The number of rotatable bonds is 7. The maximum absolute atomic E-state index is 11.9. The van der Waals surface area contributed by atoms with E-state index in [0.29, 0.717) is 11.0 Å². The topological polar surface area (TPSA) is 85.8 Å². The molecule has 0 aliphatic heterocycles. The maximum Gasteiger partial charge on any atom is 0.230 e. The molecule has 23 heavy (non-hydrogen) atoms. The fourth-order valence-electron chi connectivity index (χ4n) is 2.09. The molecule has 1 heterocycles. The third-order valence-electron chi connectivity index (χ3n) is 3.43. The van der Waals surface area contributed by atoms with Gasteiger partial charge in [-0.3, -0.25) is 4.79 Å². The molecule has 2 rings (SSSR count). The van der Waals surface area contributed by atoms with Crippen LogP contribution in [0.2, 0.25) is 0 Å². The maximum atomic E-state index is 11.9. The van der Waals surface area contributed by atoms with E-state index in [2.05, 4.69) is 45.3 Å². The molecule has 124 valence electrons. The minimum Gasteiger partial charge on any atom is -0.353 e.